The van der Waals surface area contributed by atoms with Gasteiger partial charge in [0.25, 0.3) is 0 Å². The summed E-state index contributed by atoms with van der Waals surface area (Å²) >= 11 is 0. The molecule has 0 aliphatic carbocycles. The second-order valence-electron chi connectivity index (χ2n) is 3.56. The highest BCUT2D eigenvalue weighted by Crippen LogP contribution is 2.14. The summed E-state index contributed by atoms with van der Waals surface area (Å²) in [4.78, 5) is -0.190. The fourth-order valence-corrected chi connectivity index (χ4v) is 2.36. The van der Waals surface area contributed by atoms with Crippen molar-refractivity contribution in [3.8, 4) is 6.07 Å². The number of nitrogens with one attached hydrogen (secondary N) is 1. The van der Waals surface area contributed by atoms with E-state index in [0.717, 1.165) is 18.2 Å². The Bertz CT molecular complexity index is 720. The van der Waals surface area contributed by atoms with Crippen molar-refractivity contribution >= 4 is 10.0 Å². The third kappa shape index (κ3) is 2.96. The Morgan fingerprint density at radius 1 is 1.42 bits per heavy atom. The first-order valence-corrected chi connectivity index (χ1v) is 6.60. The van der Waals surface area contributed by atoms with Crippen LogP contribution in [0, 0.1) is 17.1 Å². The second-order valence-corrected chi connectivity index (χ2v) is 5.32. The minimum atomic E-state index is -3.84. The van der Waals surface area contributed by atoms with Gasteiger partial charge in [-0.1, -0.05) is 5.16 Å². The summed E-state index contributed by atoms with van der Waals surface area (Å²) in [5.41, 5.74) is -0.331. The van der Waals surface area contributed by atoms with Crippen LogP contribution in [0.3, 0.4) is 0 Å². The number of nitriles is 1. The Morgan fingerprint density at radius 3 is 2.84 bits per heavy atom. The van der Waals surface area contributed by atoms with Crippen LogP contribution >= 0.6 is 0 Å². The Labute approximate surface area is 108 Å². The molecule has 0 aliphatic heterocycles. The fourth-order valence-electron chi connectivity index (χ4n) is 1.34. The molecular formula is C11H8FN3O3S. The van der Waals surface area contributed by atoms with Crippen molar-refractivity contribution in [2.45, 2.75) is 11.4 Å². The first-order chi connectivity index (χ1) is 9.03. The molecule has 0 radical (unpaired) electrons. The molecule has 0 bridgehead atoms. The maximum Gasteiger partial charge on any atom is 0.241 e. The van der Waals surface area contributed by atoms with Crippen LogP contribution < -0.4 is 4.72 Å². The lowest BCUT2D eigenvalue weighted by Crippen LogP contribution is -2.23. The first kappa shape index (κ1) is 13.2. The summed E-state index contributed by atoms with van der Waals surface area (Å²) in [7, 11) is -3.84. The highest BCUT2D eigenvalue weighted by Gasteiger charge is 2.16. The molecule has 2 rings (SSSR count). The highest BCUT2D eigenvalue weighted by atomic mass is 32.2. The molecular weight excluding hydrogens is 273 g/mol. The van der Waals surface area contributed by atoms with Crippen LogP contribution in [0.15, 0.2) is 39.9 Å². The van der Waals surface area contributed by atoms with Gasteiger partial charge in [-0.25, -0.2) is 17.5 Å². The van der Waals surface area contributed by atoms with E-state index in [1.54, 1.807) is 6.07 Å². The van der Waals surface area contributed by atoms with Crippen LogP contribution in [0.1, 0.15) is 11.3 Å². The van der Waals surface area contributed by atoms with Crippen LogP contribution in [0.5, 0.6) is 0 Å². The molecule has 0 saturated carbocycles. The lowest BCUT2D eigenvalue weighted by atomic mass is 10.2. The molecule has 6 nitrogen and oxygen atoms in total. The summed E-state index contributed by atoms with van der Waals surface area (Å²) in [5.74, 6) is -0.428. The Hall–Kier alpha value is -2.24. The topological polar surface area (TPSA) is 96.0 Å². The van der Waals surface area contributed by atoms with Crippen LogP contribution in [0.25, 0.3) is 0 Å². The van der Waals surface area contributed by atoms with Gasteiger partial charge in [-0.2, -0.15) is 5.26 Å². The Kier molecular flexibility index (Phi) is 3.59. The summed E-state index contributed by atoms with van der Waals surface area (Å²) in [6.07, 6.45) is 1.38. The van der Waals surface area contributed by atoms with Crippen molar-refractivity contribution in [1.29, 1.82) is 5.26 Å². The number of hydrogen-bond donors (Lipinski definition) is 1. The van der Waals surface area contributed by atoms with Gasteiger partial charge in [0, 0.05) is 6.07 Å². The standard InChI is InChI=1S/C11H8FN3O3S/c12-11-2-1-10(5-8(11)6-13)19(16,17)15-7-9-3-4-14-18-9/h1-5,15H,7H2. The SMILES string of the molecule is N#Cc1cc(S(=O)(=O)NCc2ccno2)ccc1F. The lowest BCUT2D eigenvalue weighted by molar-refractivity contribution is 0.380. The molecule has 19 heavy (non-hydrogen) atoms. The predicted octanol–water partition coefficient (Wildman–Crippen LogP) is 1.16. The molecule has 0 saturated heterocycles. The number of sulfonamides is 1. The first-order valence-electron chi connectivity index (χ1n) is 5.12. The number of rotatable bonds is 4. The monoisotopic (exact) mass is 281 g/mol. The van der Waals surface area contributed by atoms with Crippen LogP contribution in [0.4, 0.5) is 4.39 Å². The largest absolute Gasteiger partial charge is 0.360 e. The summed E-state index contributed by atoms with van der Waals surface area (Å²) in [6.45, 7) is -0.0817. The number of halogens is 1. The zero-order valence-corrected chi connectivity index (χ0v) is 10.3. The van der Waals surface area contributed by atoms with E-state index >= 15 is 0 Å². The minimum Gasteiger partial charge on any atom is -0.360 e. The van der Waals surface area contributed by atoms with E-state index in [4.69, 9.17) is 9.78 Å². The molecule has 0 fully saturated rings. The van der Waals surface area contributed by atoms with Gasteiger partial charge in [-0.3, -0.25) is 0 Å². The molecule has 0 unspecified atom stereocenters. The number of benzene rings is 1. The summed E-state index contributed by atoms with van der Waals surface area (Å²) < 4.78 is 43.9. The molecule has 0 amide bonds. The van der Waals surface area contributed by atoms with E-state index in [1.165, 1.54) is 12.3 Å². The van der Waals surface area contributed by atoms with Crippen molar-refractivity contribution in [2.75, 3.05) is 0 Å². The number of hydrogen-bond acceptors (Lipinski definition) is 5. The van der Waals surface area contributed by atoms with Crippen molar-refractivity contribution in [2.24, 2.45) is 0 Å². The molecule has 8 heteroatoms. The molecule has 1 heterocycles. The van der Waals surface area contributed by atoms with E-state index in [2.05, 4.69) is 9.88 Å². The molecule has 1 aromatic heterocycles. The third-order valence-corrected chi connectivity index (χ3v) is 3.70. The van der Waals surface area contributed by atoms with E-state index in [9.17, 15) is 12.8 Å². The van der Waals surface area contributed by atoms with Crippen molar-refractivity contribution in [3.05, 3.63) is 47.6 Å². The molecule has 0 aliphatic rings. The molecule has 2 aromatic rings. The normalized spacial score (nSPS) is 11.2. The maximum atomic E-state index is 13.1. The summed E-state index contributed by atoms with van der Waals surface area (Å²) in [6, 6.07) is 6.07. The average molecular weight is 281 g/mol. The molecule has 1 N–H and O–H groups in total. The smallest absolute Gasteiger partial charge is 0.241 e. The molecule has 0 spiro atoms. The molecule has 1 aromatic carbocycles. The van der Waals surface area contributed by atoms with Crippen molar-refractivity contribution < 1.29 is 17.3 Å². The highest BCUT2D eigenvalue weighted by molar-refractivity contribution is 7.89. The van der Waals surface area contributed by atoms with Crippen molar-refractivity contribution in [1.82, 2.24) is 9.88 Å². The van der Waals surface area contributed by atoms with E-state index in [-0.39, 0.29) is 17.0 Å². The predicted molar refractivity (Wildman–Crippen MR) is 61.6 cm³/mol. The zero-order chi connectivity index (χ0) is 13.9. The van der Waals surface area contributed by atoms with Crippen LogP contribution in [-0.2, 0) is 16.6 Å². The van der Waals surface area contributed by atoms with Gasteiger partial charge in [0.2, 0.25) is 10.0 Å². The average Bonchev–Trinajstić information content (AvgIpc) is 2.90. The Balaban J connectivity index is 2.22. The van der Waals surface area contributed by atoms with Crippen LogP contribution in [0.2, 0.25) is 0 Å². The van der Waals surface area contributed by atoms with Gasteiger partial charge >= 0.3 is 0 Å². The van der Waals surface area contributed by atoms with Gasteiger partial charge in [0.05, 0.1) is 23.2 Å². The summed E-state index contributed by atoms with van der Waals surface area (Å²) in [5, 5.41) is 12.1. The Morgan fingerprint density at radius 2 is 2.21 bits per heavy atom. The van der Waals surface area contributed by atoms with Crippen molar-refractivity contribution in [3.63, 3.8) is 0 Å². The van der Waals surface area contributed by atoms with Gasteiger partial charge in [-0.05, 0) is 18.2 Å². The number of nitrogens with zero attached hydrogens (tertiary/aromatic N) is 2. The second kappa shape index (κ2) is 5.17. The van der Waals surface area contributed by atoms with E-state index < -0.39 is 15.8 Å². The molecule has 98 valence electrons. The molecule has 0 atom stereocenters. The van der Waals surface area contributed by atoms with Gasteiger partial charge in [0.15, 0.2) is 5.76 Å². The van der Waals surface area contributed by atoms with Gasteiger partial charge < -0.3 is 4.52 Å². The van der Waals surface area contributed by atoms with E-state index in [0.29, 0.717) is 5.76 Å². The van der Waals surface area contributed by atoms with Gasteiger partial charge in [-0.15, -0.1) is 0 Å². The minimum absolute atomic E-state index is 0.0817. The quantitative estimate of drug-likeness (QED) is 0.907. The lowest BCUT2D eigenvalue weighted by Gasteiger charge is -2.05. The maximum absolute atomic E-state index is 13.1. The third-order valence-electron chi connectivity index (χ3n) is 2.30. The zero-order valence-electron chi connectivity index (χ0n) is 9.50. The number of aromatic nitrogens is 1. The van der Waals surface area contributed by atoms with Gasteiger partial charge in [0.1, 0.15) is 11.9 Å². The van der Waals surface area contributed by atoms with E-state index in [1.807, 2.05) is 0 Å². The fraction of sp³-hybridized carbons (Fsp3) is 0.0909. The van der Waals surface area contributed by atoms with Crippen LogP contribution in [-0.4, -0.2) is 13.6 Å².